The van der Waals surface area contributed by atoms with E-state index in [9.17, 15) is 0 Å². The summed E-state index contributed by atoms with van der Waals surface area (Å²) in [7, 11) is 0. The van der Waals surface area contributed by atoms with Gasteiger partial charge in [0.2, 0.25) is 0 Å². The number of benzene rings is 1. The Morgan fingerprint density at radius 3 is 2.86 bits per heavy atom. The standard InChI is InChI=1S/C17H20N2OS/c1-13(2)14-5-7-16(8-6-14)20-12-15-4-3-9-19-10-11-21-18-17(15)19/h3-9,13H,10-12H2,1-2H3. The fraction of sp³-hybridized carbons (Fsp3) is 0.353. The van der Waals surface area contributed by atoms with Gasteiger partial charge in [0.05, 0.1) is 0 Å². The molecule has 0 radical (unpaired) electrons. The summed E-state index contributed by atoms with van der Waals surface area (Å²) in [6.45, 7) is 5.96. The third-order valence-electron chi connectivity index (χ3n) is 3.64. The molecule has 0 bridgehead atoms. The Morgan fingerprint density at radius 2 is 2.10 bits per heavy atom. The topological polar surface area (TPSA) is 24.8 Å². The number of rotatable bonds is 4. The van der Waals surface area contributed by atoms with Gasteiger partial charge in [-0.2, -0.15) is 4.40 Å². The van der Waals surface area contributed by atoms with Crippen LogP contribution in [0.15, 0.2) is 52.6 Å². The summed E-state index contributed by atoms with van der Waals surface area (Å²) >= 11 is 1.63. The molecule has 0 atom stereocenters. The highest BCUT2D eigenvalue weighted by molar-refractivity contribution is 7.98. The van der Waals surface area contributed by atoms with Crippen LogP contribution in [0, 0.1) is 0 Å². The molecule has 0 spiro atoms. The molecule has 3 nitrogen and oxygen atoms in total. The molecule has 0 saturated carbocycles. The second kappa shape index (κ2) is 6.39. The molecule has 0 saturated heterocycles. The quantitative estimate of drug-likeness (QED) is 0.786. The molecule has 21 heavy (non-hydrogen) atoms. The van der Waals surface area contributed by atoms with E-state index in [1.165, 1.54) is 5.56 Å². The number of hydrogen-bond donors (Lipinski definition) is 0. The maximum atomic E-state index is 5.91. The van der Waals surface area contributed by atoms with Gasteiger partial charge in [0.1, 0.15) is 18.2 Å². The first-order valence-electron chi connectivity index (χ1n) is 7.31. The summed E-state index contributed by atoms with van der Waals surface area (Å²) in [4.78, 5) is 2.19. The van der Waals surface area contributed by atoms with Crippen molar-refractivity contribution in [3.63, 3.8) is 0 Å². The van der Waals surface area contributed by atoms with E-state index in [-0.39, 0.29) is 0 Å². The van der Waals surface area contributed by atoms with Crippen molar-refractivity contribution in [3.8, 4) is 5.75 Å². The maximum Gasteiger partial charge on any atom is 0.147 e. The maximum absolute atomic E-state index is 5.91. The molecule has 3 rings (SSSR count). The van der Waals surface area contributed by atoms with Crippen molar-refractivity contribution in [2.45, 2.75) is 19.8 Å². The lowest BCUT2D eigenvalue weighted by Gasteiger charge is -2.28. The van der Waals surface area contributed by atoms with Crippen LogP contribution in [0.3, 0.4) is 0 Å². The summed E-state index contributed by atoms with van der Waals surface area (Å²) in [6, 6.07) is 8.36. The van der Waals surface area contributed by atoms with Crippen LogP contribution in [-0.4, -0.2) is 29.6 Å². The molecule has 0 amide bonds. The third kappa shape index (κ3) is 3.32. The number of ether oxygens (including phenoxy) is 1. The van der Waals surface area contributed by atoms with E-state index in [2.05, 4.69) is 53.6 Å². The van der Waals surface area contributed by atoms with Gasteiger partial charge in [0, 0.05) is 24.1 Å². The van der Waals surface area contributed by atoms with Crippen molar-refractivity contribution >= 4 is 17.8 Å². The highest BCUT2D eigenvalue weighted by Crippen LogP contribution is 2.22. The molecule has 2 aliphatic heterocycles. The van der Waals surface area contributed by atoms with Gasteiger partial charge >= 0.3 is 0 Å². The first-order chi connectivity index (χ1) is 10.2. The van der Waals surface area contributed by atoms with Crippen LogP contribution in [0.5, 0.6) is 5.75 Å². The summed E-state index contributed by atoms with van der Waals surface area (Å²) in [5, 5.41) is 0. The molecule has 1 aromatic rings. The van der Waals surface area contributed by atoms with Crippen LogP contribution < -0.4 is 4.74 Å². The minimum absolute atomic E-state index is 0.549. The minimum Gasteiger partial charge on any atom is -0.489 e. The van der Waals surface area contributed by atoms with E-state index in [0.717, 1.165) is 29.5 Å². The molecule has 1 aromatic carbocycles. The van der Waals surface area contributed by atoms with E-state index < -0.39 is 0 Å². The normalized spacial score (nSPS) is 17.4. The van der Waals surface area contributed by atoms with E-state index in [0.29, 0.717) is 12.5 Å². The van der Waals surface area contributed by atoms with Crippen molar-refractivity contribution in [1.82, 2.24) is 4.90 Å². The molecule has 0 unspecified atom stereocenters. The average Bonchev–Trinajstić information content (AvgIpc) is 2.53. The van der Waals surface area contributed by atoms with Gasteiger partial charge in [0.15, 0.2) is 0 Å². The zero-order valence-corrected chi connectivity index (χ0v) is 13.3. The number of allylic oxidation sites excluding steroid dienone is 2. The second-order valence-corrected chi connectivity index (χ2v) is 6.34. The van der Waals surface area contributed by atoms with Crippen molar-refractivity contribution < 1.29 is 4.74 Å². The van der Waals surface area contributed by atoms with Crippen molar-refractivity contribution in [2.24, 2.45) is 4.40 Å². The molecule has 0 aliphatic carbocycles. The Balaban J connectivity index is 1.65. The monoisotopic (exact) mass is 300 g/mol. The van der Waals surface area contributed by atoms with E-state index in [1.54, 1.807) is 11.9 Å². The molecule has 2 aliphatic rings. The lowest BCUT2D eigenvalue weighted by atomic mass is 10.0. The van der Waals surface area contributed by atoms with Crippen LogP contribution in [0.2, 0.25) is 0 Å². The first kappa shape index (κ1) is 14.3. The molecule has 110 valence electrons. The molecular weight excluding hydrogens is 280 g/mol. The van der Waals surface area contributed by atoms with Crippen molar-refractivity contribution in [1.29, 1.82) is 0 Å². The van der Waals surface area contributed by atoms with Crippen LogP contribution in [0.25, 0.3) is 0 Å². The van der Waals surface area contributed by atoms with E-state index in [1.807, 2.05) is 12.1 Å². The van der Waals surface area contributed by atoms with Gasteiger partial charge in [-0.1, -0.05) is 32.1 Å². The van der Waals surface area contributed by atoms with Gasteiger partial charge in [-0.15, -0.1) is 0 Å². The molecule has 4 heteroatoms. The smallest absolute Gasteiger partial charge is 0.147 e. The number of fused-ring (bicyclic) bond motifs is 1. The first-order valence-corrected chi connectivity index (χ1v) is 8.25. The fourth-order valence-electron chi connectivity index (χ4n) is 2.35. The number of hydrogen-bond acceptors (Lipinski definition) is 4. The summed E-state index contributed by atoms with van der Waals surface area (Å²) in [5.74, 6) is 3.53. The zero-order chi connectivity index (χ0) is 14.7. The molecule has 0 N–H and O–H groups in total. The van der Waals surface area contributed by atoms with Gasteiger partial charge in [-0.25, -0.2) is 0 Å². The Morgan fingerprint density at radius 1 is 1.29 bits per heavy atom. The summed E-state index contributed by atoms with van der Waals surface area (Å²) in [5.41, 5.74) is 2.47. The van der Waals surface area contributed by atoms with Gasteiger partial charge in [0.25, 0.3) is 0 Å². The lowest BCUT2D eigenvalue weighted by Crippen LogP contribution is -2.34. The predicted octanol–water partition coefficient (Wildman–Crippen LogP) is 4.00. The lowest BCUT2D eigenvalue weighted by molar-refractivity contribution is 0.354. The van der Waals surface area contributed by atoms with Crippen LogP contribution in [0.1, 0.15) is 25.3 Å². The molecular formula is C17H20N2OS. The Labute approximate surface area is 130 Å². The molecule has 0 aromatic heterocycles. The zero-order valence-electron chi connectivity index (χ0n) is 12.5. The van der Waals surface area contributed by atoms with Crippen LogP contribution in [-0.2, 0) is 0 Å². The van der Waals surface area contributed by atoms with Crippen LogP contribution >= 0.6 is 11.9 Å². The highest BCUT2D eigenvalue weighted by Gasteiger charge is 2.20. The van der Waals surface area contributed by atoms with E-state index >= 15 is 0 Å². The molecule has 0 fully saturated rings. The Hall–Kier alpha value is -1.68. The molecule has 2 heterocycles. The van der Waals surface area contributed by atoms with E-state index in [4.69, 9.17) is 4.74 Å². The van der Waals surface area contributed by atoms with Crippen LogP contribution in [0.4, 0.5) is 0 Å². The Bertz CT molecular complexity index is 587. The van der Waals surface area contributed by atoms with Gasteiger partial charge in [-0.3, -0.25) is 0 Å². The predicted molar refractivity (Wildman–Crippen MR) is 89.8 cm³/mol. The Kier molecular flexibility index (Phi) is 4.34. The number of amidine groups is 1. The highest BCUT2D eigenvalue weighted by atomic mass is 32.2. The van der Waals surface area contributed by atoms with Crippen molar-refractivity contribution in [2.75, 3.05) is 18.9 Å². The number of nitrogens with zero attached hydrogens (tertiary/aromatic N) is 2. The van der Waals surface area contributed by atoms with Crippen molar-refractivity contribution in [3.05, 3.63) is 53.8 Å². The fourth-order valence-corrected chi connectivity index (χ4v) is 3.07. The second-order valence-electron chi connectivity index (χ2n) is 5.49. The largest absolute Gasteiger partial charge is 0.489 e. The van der Waals surface area contributed by atoms with Gasteiger partial charge in [-0.05, 0) is 41.6 Å². The minimum atomic E-state index is 0.549. The third-order valence-corrected chi connectivity index (χ3v) is 4.31. The summed E-state index contributed by atoms with van der Waals surface area (Å²) < 4.78 is 10.5. The summed E-state index contributed by atoms with van der Waals surface area (Å²) in [6.07, 6.45) is 6.23. The SMILES string of the molecule is CC(C)c1ccc(OCC2=CC=CN3CCSN=C23)cc1. The van der Waals surface area contributed by atoms with Gasteiger partial charge < -0.3 is 9.64 Å². The average molecular weight is 300 g/mol.